The number of anilines is 2. The van der Waals surface area contributed by atoms with Gasteiger partial charge in [-0.15, -0.1) is 5.11 Å². The molecule has 0 aliphatic rings. The van der Waals surface area contributed by atoms with E-state index in [1.807, 2.05) is 0 Å². The number of hydrogen-bond acceptors (Lipinski definition) is 13. The molecule has 53 heavy (non-hydrogen) atoms. The van der Waals surface area contributed by atoms with Gasteiger partial charge in [0.25, 0.3) is 26.1 Å². The Balaban J connectivity index is 1.14. The van der Waals surface area contributed by atoms with Crippen molar-refractivity contribution in [2.45, 2.75) is 9.79 Å². The number of phenols is 1. The van der Waals surface area contributed by atoms with Crippen molar-refractivity contribution < 1.29 is 35.8 Å². The second-order valence-electron chi connectivity index (χ2n) is 11.2. The van der Waals surface area contributed by atoms with Crippen molar-refractivity contribution in [3.8, 4) is 5.75 Å². The number of nitrogens with one attached hydrogen (secondary N) is 1. The Morgan fingerprint density at radius 3 is 1.47 bits per heavy atom. The number of phenolic OH excluding ortho intramolecular Hbond substituents is 1. The van der Waals surface area contributed by atoms with Crippen molar-refractivity contribution in [1.29, 1.82) is 0 Å². The molecule has 18 heteroatoms. The van der Waals surface area contributed by atoms with E-state index in [4.69, 9.17) is 10.3 Å². The minimum Gasteiger partial charge on any atom is -0.505 e. The largest absolute Gasteiger partial charge is 0.505 e. The molecule has 0 spiro atoms. The van der Waals surface area contributed by atoms with Crippen LogP contribution in [-0.2, 0) is 20.2 Å². The number of benzene rings is 6. The van der Waals surface area contributed by atoms with E-state index in [-0.39, 0.29) is 21.4 Å². The molecule has 16 nitrogen and oxygen atoms in total. The molecule has 0 aliphatic heterocycles. The Bertz CT molecular complexity index is 2650. The maximum Gasteiger partial charge on any atom is 0.296 e. The van der Waals surface area contributed by atoms with Gasteiger partial charge < -0.3 is 16.2 Å². The van der Waals surface area contributed by atoms with E-state index in [0.29, 0.717) is 39.7 Å². The first-order chi connectivity index (χ1) is 25.2. The van der Waals surface area contributed by atoms with Gasteiger partial charge in [0.15, 0.2) is 5.75 Å². The molecule has 0 aromatic heterocycles. The molecule has 6 aromatic carbocycles. The molecule has 0 atom stereocenters. The Labute approximate surface area is 301 Å². The SMILES string of the molecule is Nc1ccc(C(=O)Nc2ccc3c(O)c(N=Nc4ccc(N=Nc5ccc(N=Nc6ccc(S(=O)(=O)O)cc6)cc5)cc4)c(S(=O)(=O)O)cc3c2)cc1. The molecule has 0 bridgehead atoms. The highest BCUT2D eigenvalue weighted by atomic mass is 32.2. The highest BCUT2D eigenvalue weighted by Gasteiger charge is 2.22. The van der Waals surface area contributed by atoms with Crippen LogP contribution >= 0.6 is 0 Å². The third-order valence-electron chi connectivity index (χ3n) is 7.42. The fourth-order valence-corrected chi connectivity index (χ4v) is 5.89. The smallest absolute Gasteiger partial charge is 0.296 e. The predicted molar refractivity (Wildman–Crippen MR) is 196 cm³/mol. The average molecular weight is 751 g/mol. The maximum atomic E-state index is 12.6. The van der Waals surface area contributed by atoms with Crippen LogP contribution in [0.5, 0.6) is 5.75 Å². The number of amides is 1. The quantitative estimate of drug-likeness (QED) is 0.0507. The molecule has 1 amide bonds. The lowest BCUT2D eigenvalue weighted by Crippen LogP contribution is -2.11. The van der Waals surface area contributed by atoms with Crippen LogP contribution in [0.4, 0.5) is 45.5 Å². The molecule has 0 fully saturated rings. The van der Waals surface area contributed by atoms with Gasteiger partial charge >= 0.3 is 0 Å². The zero-order valence-corrected chi connectivity index (χ0v) is 28.6. The molecular formula is C35H26N8O8S2. The second kappa shape index (κ2) is 14.9. The standard InChI is InChI=1S/C35H26N8O8S2/c36-23-3-1-21(2-4-23)35(45)37-29-15-18-31-22(19-29)20-32(53(49,50)51)33(34(31)44)43-42-27-11-9-26(10-12-27)39-38-24-5-7-25(8-6-24)40-41-28-13-16-30(17-14-28)52(46,47)48/h1-20,44H,36H2,(H,37,45)(H,46,47,48)(H,49,50,51). The van der Waals surface area contributed by atoms with E-state index in [0.717, 1.165) is 6.07 Å². The number of nitrogens with two attached hydrogens (primary N) is 1. The summed E-state index contributed by atoms with van der Waals surface area (Å²) in [4.78, 5) is 11.7. The van der Waals surface area contributed by atoms with Crippen LogP contribution in [0.25, 0.3) is 10.8 Å². The predicted octanol–water partition coefficient (Wildman–Crippen LogP) is 9.12. The summed E-state index contributed by atoms with van der Waals surface area (Å²) in [6.45, 7) is 0. The lowest BCUT2D eigenvalue weighted by Gasteiger charge is -2.11. The van der Waals surface area contributed by atoms with Gasteiger partial charge in [-0.3, -0.25) is 13.9 Å². The molecule has 0 saturated heterocycles. The molecule has 0 aliphatic carbocycles. The Morgan fingerprint density at radius 2 is 1.02 bits per heavy atom. The zero-order chi connectivity index (χ0) is 37.8. The summed E-state index contributed by atoms with van der Waals surface area (Å²) in [5.41, 5.74) is 8.43. The summed E-state index contributed by atoms with van der Waals surface area (Å²) >= 11 is 0. The number of carbonyl (C=O) groups excluding carboxylic acids is 1. The first-order valence-electron chi connectivity index (χ1n) is 15.2. The number of rotatable bonds is 10. The molecule has 0 radical (unpaired) electrons. The van der Waals surface area contributed by atoms with E-state index in [1.165, 1.54) is 54.6 Å². The summed E-state index contributed by atoms with van der Waals surface area (Å²) in [5, 5.41) is 38.5. The van der Waals surface area contributed by atoms with Crippen LogP contribution in [0.3, 0.4) is 0 Å². The lowest BCUT2D eigenvalue weighted by atomic mass is 10.1. The van der Waals surface area contributed by atoms with Crippen molar-refractivity contribution in [3.63, 3.8) is 0 Å². The lowest BCUT2D eigenvalue weighted by molar-refractivity contribution is 0.102. The van der Waals surface area contributed by atoms with Crippen LogP contribution in [0.15, 0.2) is 162 Å². The van der Waals surface area contributed by atoms with Crippen LogP contribution < -0.4 is 11.1 Å². The number of aromatic hydroxyl groups is 1. The summed E-state index contributed by atoms with van der Waals surface area (Å²) < 4.78 is 66.0. The van der Waals surface area contributed by atoms with Gasteiger partial charge in [0, 0.05) is 22.3 Å². The molecule has 6 N–H and O–H groups in total. The van der Waals surface area contributed by atoms with Gasteiger partial charge in [-0.2, -0.15) is 42.4 Å². The third kappa shape index (κ3) is 8.96. The number of azo groups is 3. The Hall–Kier alpha value is -6.73. The van der Waals surface area contributed by atoms with E-state index >= 15 is 0 Å². The Kier molecular flexibility index (Phi) is 10.1. The summed E-state index contributed by atoms with van der Waals surface area (Å²) in [5.74, 6) is -0.994. The number of hydrogen-bond donors (Lipinski definition) is 5. The van der Waals surface area contributed by atoms with Gasteiger partial charge in [0.05, 0.1) is 33.3 Å². The molecule has 6 rings (SSSR count). The fourth-order valence-electron chi connectivity index (χ4n) is 4.76. The van der Waals surface area contributed by atoms with Crippen molar-refractivity contribution in [1.82, 2.24) is 0 Å². The number of nitrogen functional groups attached to an aromatic ring is 1. The van der Waals surface area contributed by atoms with Crippen LogP contribution in [-0.4, -0.2) is 37.0 Å². The van der Waals surface area contributed by atoms with E-state index < -0.39 is 42.5 Å². The topological polar surface area (TPSA) is 258 Å². The normalized spacial score (nSPS) is 12.3. The molecule has 6 aromatic rings. The van der Waals surface area contributed by atoms with Crippen LogP contribution in [0.1, 0.15) is 10.4 Å². The minimum absolute atomic E-state index is 0.191. The van der Waals surface area contributed by atoms with Gasteiger partial charge in [0.2, 0.25) is 0 Å². The first kappa shape index (κ1) is 36.1. The first-order valence-corrected chi connectivity index (χ1v) is 18.1. The third-order valence-corrected chi connectivity index (χ3v) is 9.16. The van der Waals surface area contributed by atoms with Gasteiger partial charge in [-0.05, 0) is 127 Å². The number of fused-ring (bicyclic) bond motifs is 1. The van der Waals surface area contributed by atoms with Crippen molar-refractivity contribution in [2.24, 2.45) is 30.7 Å². The molecule has 0 heterocycles. The fraction of sp³-hybridized carbons (Fsp3) is 0. The molecular weight excluding hydrogens is 725 g/mol. The summed E-state index contributed by atoms with van der Waals surface area (Å²) in [6, 6.07) is 29.8. The van der Waals surface area contributed by atoms with Crippen molar-refractivity contribution >= 4 is 82.4 Å². The van der Waals surface area contributed by atoms with E-state index in [1.54, 1.807) is 60.7 Å². The maximum absolute atomic E-state index is 12.6. The highest BCUT2D eigenvalue weighted by Crippen LogP contribution is 2.42. The van der Waals surface area contributed by atoms with Gasteiger partial charge in [-0.1, -0.05) is 0 Å². The average Bonchev–Trinajstić information content (AvgIpc) is 3.13. The minimum atomic E-state index is -4.88. The highest BCUT2D eigenvalue weighted by molar-refractivity contribution is 7.86. The van der Waals surface area contributed by atoms with Crippen LogP contribution in [0.2, 0.25) is 0 Å². The van der Waals surface area contributed by atoms with E-state index in [2.05, 4.69) is 36.0 Å². The number of nitrogens with zero attached hydrogens (tertiary/aromatic N) is 6. The van der Waals surface area contributed by atoms with Crippen molar-refractivity contribution in [3.05, 3.63) is 127 Å². The summed E-state index contributed by atoms with van der Waals surface area (Å²) in [6.07, 6.45) is 0. The monoisotopic (exact) mass is 750 g/mol. The molecule has 0 unspecified atom stereocenters. The van der Waals surface area contributed by atoms with Crippen molar-refractivity contribution in [2.75, 3.05) is 11.1 Å². The zero-order valence-electron chi connectivity index (χ0n) is 27.0. The van der Waals surface area contributed by atoms with Crippen LogP contribution in [0, 0.1) is 0 Å². The Morgan fingerprint density at radius 1 is 0.566 bits per heavy atom. The van der Waals surface area contributed by atoms with E-state index in [9.17, 15) is 31.3 Å². The summed E-state index contributed by atoms with van der Waals surface area (Å²) in [7, 11) is -9.18. The molecule has 0 saturated carbocycles. The second-order valence-corrected chi connectivity index (χ2v) is 14.0. The molecule has 266 valence electrons. The van der Waals surface area contributed by atoms with Gasteiger partial charge in [-0.25, -0.2) is 0 Å². The number of carbonyl (C=O) groups is 1. The van der Waals surface area contributed by atoms with Gasteiger partial charge in [0.1, 0.15) is 10.6 Å².